The quantitative estimate of drug-likeness (QED) is 0.591. The van der Waals surface area contributed by atoms with Crippen molar-refractivity contribution in [3.05, 3.63) is 95.1 Å². The SMILES string of the molecule is Cc1cc(N2C(=O)N[C@](COc3ccc(C#N)cc3)(Cc3ccccc3)C2=O)ccc1C#N. The molecule has 1 aliphatic rings. The second-order valence-corrected chi connectivity index (χ2v) is 7.85. The molecule has 1 saturated heterocycles. The topological polar surface area (TPSA) is 106 Å². The number of ether oxygens (including phenoxy) is 1. The summed E-state index contributed by atoms with van der Waals surface area (Å²) < 4.78 is 5.91. The Morgan fingerprint density at radius 2 is 1.70 bits per heavy atom. The first-order valence-corrected chi connectivity index (χ1v) is 10.3. The predicted octanol–water partition coefficient (Wildman–Crippen LogP) is 3.86. The lowest BCUT2D eigenvalue weighted by molar-refractivity contribution is -0.123. The first-order valence-electron chi connectivity index (χ1n) is 10.3. The van der Waals surface area contributed by atoms with Crippen molar-refractivity contribution < 1.29 is 14.3 Å². The molecule has 0 radical (unpaired) electrons. The molecule has 33 heavy (non-hydrogen) atoms. The fraction of sp³-hybridized carbons (Fsp3) is 0.154. The van der Waals surface area contributed by atoms with Crippen molar-refractivity contribution in [2.24, 2.45) is 0 Å². The Labute approximate surface area is 191 Å². The Morgan fingerprint density at radius 3 is 2.33 bits per heavy atom. The van der Waals surface area contributed by atoms with E-state index >= 15 is 0 Å². The largest absolute Gasteiger partial charge is 0.491 e. The van der Waals surface area contributed by atoms with Gasteiger partial charge in [0.15, 0.2) is 5.54 Å². The molecular formula is C26H20N4O3. The summed E-state index contributed by atoms with van der Waals surface area (Å²) in [6.45, 7) is 1.66. The average Bonchev–Trinajstić information content (AvgIpc) is 3.07. The van der Waals surface area contributed by atoms with Crippen molar-refractivity contribution in [2.45, 2.75) is 18.9 Å². The number of imide groups is 1. The minimum atomic E-state index is -1.33. The van der Waals surface area contributed by atoms with E-state index in [0.29, 0.717) is 28.1 Å². The van der Waals surface area contributed by atoms with Gasteiger partial charge >= 0.3 is 6.03 Å². The zero-order valence-electron chi connectivity index (χ0n) is 17.9. The number of benzene rings is 3. The van der Waals surface area contributed by atoms with Crippen LogP contribution < -0.4 is 15.0 Å². The van der Waals surface area contributed by atoms with Gasteiger partial charge in [-0.1, -0.05) is 30.3 Å². The molecule has 0 aliphatic carbocycles. The van der Waals surface area contributed by atoms with Crippen LogP contribution in [-0.4, -0.2) is 24.1 Å². The van der Waals surface area contributed by atoms with Gasteiger partial charge in [0, 0.05) is 6.42 Å². The maximum absolute atomic E-state index is 13.7. The number of nitrogens with one attached hydrogen (secondary N) is 1. The van der Waals surface area contributed by atoms with Crippen molar-refractivity contribution in [3.63, 3.8) is 0 Å². The monoisotopic (exact) mass is 436 g/mol. The number of hydrogen-bond donors (Lipinski definition) is 1. The highest BCUT2D eigenvalue weighted by Crippen LogP contribution is 2.30. The van der Waals surface area contributed by atoms with E-state index in [4.69, 9.17) is 10.00 Å². The van der Waals surface area contributed by atoms with Gasteiger partial charge in [0.1, 0.15) is 12.4 Å². The van der Waals surface area contributed by atoms with Crippen LogP contribution in [-0.2, 0) is 11.2 Å². The number of anilines is 1. The fourth-order valence-electron chi connectivity index (χ4n) is 3.81. The van der Waals surface area contributed by atoms with Crippen LogP contribution in [0.4, 0.5) is 10.5 Å². The number of amides is 3. The highest BCUT2D eigenvalue weighted by atomic mass is 16.5. The summed E-state index contributed by atoms with van der Waals surface area (Å²) in [6, 6.07) is 24.4. The molecule has 1 fully saturated rings. The van der Waals surface area contributed by atoms with Gasteiger partial charge in [-0.2, -0.15) is 10.5 Å². The van der Waals surface area contributed by atoms with E-state index in [1.54, 1.807) is 49.4 Å². The van der Waals surface area contributed by atoms with Gasteiger partial charge in [-0.15, -0.1) is 0 Å². The molecule has 3 aromatic carbocycles. The van der Waals surface area contributed by atoms with Crippen LogP contribution in [0.3, 0.4) is 0 Å². The Morgan fingerprint density at radius 1 is 0.970 bits per heavy atom. The average molecular weight is 436 g/mol. The predicted molar refractivity (Wildman–Crippen MR) is 121 cm³/mol. The fourth-order valence-corrected chi connectivity index (χ4v) is 3.81. The Hall–Kier alpha value is -4.62. The molecule has 0 saturated carbocycles. The van der Waals surface area contributed by atoms with Crippen molar-refractivity contribution in [1.29, 1.82) is 10.5 Å². The number of carbonyl (C=O) groups is 2. The van der Waals surface area contributed by atoms with E-state index in [9.17, 15) is 14.9 Å². The van der Waals surface area contributed by atoms with E-state index in [0.717, 1.165) is 10.5 Å². The molecule has 0 aromatic heterocycles. The van der Waals surface area contributed by atoms with Gasteiger partial charge < -0.3 is 10.1 Å². The minimum absolute atomic E-state index is 0.0931. The van der Waals surface area contributed by atoms with E-state index in [1.807, 2.05) is 36.4 Å². The zero-order chi connectivity index (χ0) is 23.4. The highest BCUT2D eigenvalue weighted by Gasteiger charge is 2.52. The first-order chi connectivity index (χ1) is 16.0. The molecule has 7 heteroatoms. The second kappa shape index (κ2) is 8.86. The summed E-state index contributed by atoms with van der Waals surface area (Å²) in [7, 11) is 0. The second-order valence-electron chi connectivity index (χ2n) is 7.85. The van der Waals surface area contributed by atoms with E-state index in [2.05, 4.69) is 11.4 Å². The number of carbonyl (C=O) groups excluding carboxylic acids is 2. The van der Waals surface area contributed by atoms with Gasteiger partial charge in [-0.25, -0.2) is 9.69 Å². The Balaban J connectivity index is 1.67. The summed E-state index contributed by atoms with van der Waals surface area (Å²) >= 11 is 0. The lowest BCUT2D eigenvalue weighted by Crippen LogP contribution is -2.53. The van der Waals surface area contributed by atoms with Gasteiger partial charge in [0.25, 0.3) is 5.91 Å². The summed E-state index contributed by atoms with van der Waals surface area (Å²) in [5.41, 5.74) is 1.58. The minimum Gasteiger partial charge on any atom is -0.491 e. The molecule has 4 rings (SSSR count). The third-order valence-electron chi connectivity index (χ3n) is 5.57. The standard InChI is InChI=1S/C26H20N4O3/c1-18-13-22(10-9-21(18)16-28)30-24(31)26(29-25(30)32,14-19-5-3-2-4-6-19)17-33-23-11-7-20(15-27)8-12-23/h2-13H,14,17H2,1H3,(H,29,32)/t26-/m0/s1. The number of hydrogen-bond acceptors (Lipinski definition) is 5. The van der Waals surface area contributed by atoms with Crippen LogP contribution in [0, 0.1) is 29.6 Å². The normalized spacial score (nSPS) is 17.2. The molecule has 1 heterocycles. The van der Waals surface area contributed by atoms with Crippen LogP contribution in [0.25, 0.3) is 0 Å². The molecule has 0 bridgehead atoms. The van der Waals surface area contributed by atoms with Gasteiger partial charge in [0.05, 0.1) is 29.0 Å². The van der Waals surface area contributed by atoms with E-state index in [-0.39, 0.29) is 13.0 Å². The summed E-state index contributed by atoms with van der Waals surface area (Å²) in [5.74, 6) is 0.0465. The Kier molecular flexibility index (Phi) is 5.80. The molecule has 1 aliphatic heterocycles. The molecule has 162 valence electrons. The van der Waals surface area contributed by atoms with Crippen LogP contribution in [0.2, 0.25) is 0 Å². The first kappa shape index (κ1) is 21.6. The molecular weight excluding hydrogens is 416 g/mol. The number of rotatable bonds is 6. The van der Waals surface area contributed by atoms with Crippen LogP contribution in [0.5, 0.6) is 5.75 Å². The molecule has 0 spiro atoms. The summed E-state index contributed by atoms with van der Waals surface area (Å²) in [6.07, 6.45) is 0.237. The van der Waals surface area contributed by atoms with Gasteiger partial charge in [-0.3, -0.25) is 4.79 Å². The third-order valence-corrected chi connectivity index (χ3v) is 5.57. The third kappa shape index (κ3) is 4.26. The van der Waals surface area contributed by atoms with Crippen molar-refractivity contribution >= 4 is 17.6 Å². The van der Waals surface area contributed by atoms with Gasteiger partial charge in [-0.05, 0) is 60.5 Å². The van der Waals surface area contributed by atoms with Gasteiger partial charge in [0.2, 0.25) is 0 Å². The summed E-state index contributed by atoms with van der Waals surface area (Å²) in [4.78, 5) is 27.8. The zero-order valence-corrected chi connectivity index (χ0v) is 17.9. The van der Waals surface area contributed by atoms with Crippen molar-refractivity contribution in [2.75, 3.05) is 11.5 Å². The smallest absolute Gasteiger partial charge is 0.329 e. The van der Waals surface area contributed by atoms with Crippen LogP contribution in [0.1, 0.15) is 22.3 Å². The van der Waals surface area contributed by atoms with Crippen LogP contribution >= 0.6 is 0 Å². The number of nitriles is 2. The molecule has 3 amide bonds. The maximum atomic E-state index is 13.7. The van der Waals surface area contributed by atoms with Crippen molar-refractivity contribution in [3.8, 4) is 17.9 Å². The highest BCUT2D eigenvalue weighted by molar-refractivity contribution is 6.23. The number of nitrogens with zero attached hydrogens (tertiary/aromatic N) is 3. The molecule has 3 aromatic rings. The molecule has 1 atom stereocenters. The van der Waals surface area contributed by atoms with Crippen molar-refractivity contribution in [1.82, 2.24) is 5.32 Å². The number of urea groups is 1. The number of aryl methyl sites for hydroxylation is 1. The molecule has 1 N–H and O–H groups in total. The van der Waals surface area contributed by atoms with E-state index < -0.39 is 17.5 Å². The lowest BCUT2D eigenvalue weighted by Gasteiger charge is -2.27. The Bertz CT molecular complexity index is 1290. The molecule has 7 nitrogen and oxygen atoms in total. The summed E-state index contributed by atoms with van der Waals surface area (Å²) in [5, 5.41) is 21.0. The lowest BCUT2D eigenvalue weighted by atomic mass is 9.91. The van der Waals surface area contributed by atoms with Crippen LogP contribution in [0.15, 0.2) is 72.8 Å². The maximum Gasteiger partial charge on any atom is 0.329 e. The van der Waals surface area contributed by atoms with E-state index in [1.165, 1.54) is 0 Å². The molecule has 0 unspecified atom stereocenters.